The minimum atomic E-state index is 0.534. The molecule has 0 bridgehead atoms. The molecule has 2 rings (SSSR count). The lowest BCUT2D eigenvalue weighted by atomic mass is 9.94. The second-order valence-corrected chi connectivity index (χ2v) is 8.26. The molecule has 0 radical (unpaired) electrons. The molecule has 0 atom stereocenters. The van der Waals surface area contributed by atoms with Crippen LogP contribution in [0.3, 0.4) is 0 Å². The van der Waals surface area contributed by atoms with E-state index in [1.807, 2.05) is 0 Å². The zero-order valence-electron chi connectivity index (χ0n) is 12.5. The third-order valence-electron chi connectivity index (χ3n) is 3.45. The first kappa shape index (κ1) is 15.6. The van der Waals surface area contributed by atoms with Gasteiger partial charge in [-0.15, -0.1) is 11.3 Å². The van der Waals surface area contributed by atoms with Crippen molar-refractivity contribution in [1.29, 1.82) is 0 Å². The molecule has 0 aliphatic heterocycles. The Balaban J connectivity index is 2.18. The van der Waals surface area contributed by atoms with E-state index >= 15 is 0 Å². The predicted octanol–water partition coefficient (Wildman–Crippen LogP) is 6.37. The van der Waals surface area contributed by atoms with E-state index in [0.29, 0.717) is 11.8 Å². The van der Waals surface area contributed by atoms with Crippen LogP contribution in [0.15, 0.2) is 34.1 Å². The summed E-state index contributed by atoms with van der Waals surface area (Å²) in [6.45, 7) is 9.89. The Labute approximate surface area is 134 Å². The minimum Gasteiger partial charge on any atom is -0.380 e. The van der Waals surface area contributed by atoms with Crippen LogP contribution in [-0.4, -0.2) is 0 Å². The van der Waals surface area contributed by atoms with Crippen molar-refractivity contribution in [2.45, 2.75) is 46.1 Å². The molecule has 0 spiro atoms. The van der Waals surface area contributed by atoms with E-state index < -0.39 is 0 Å². The van der Waals surface area contributed by atoms with Crippen molar-refractivity contribution in [3.63, 3.8) is 0 Å². The molecule has 0 saturated carbocycles. The molecule has 2 aromatic rings. The average molecular weight is 352 g/mol. The average Bonchev–Trinajstić information content (AvgIpc) is 2.81. The van der Waals surface area contributed by atoms with E-state index in [1.54, 1.807) is 11.3 Å². The van der Waals surface area contributed by atoms with Crippen molar-refractivity contribution in [2.24, 2.45) is 0 Å². The Bertz CT molecular complexity index is 572. The van der Waals surface area contributed by atoms with Gasteiger partial charge in [0.15, 0.2) is 0 Å². The highest BCUT2D eigenvalue weighted by Crippen LogP contribution is 2.29. The standard InChI is InChI=1S/C17H22BrNS/c1-11(2)13-5-7-16(15(9-13)12(3)4)19-10-14-6-8-17(18)20-14/h5-9,11-12,19H,10H2,1-4H3. The van der Waals surface area contributed by atoms with Crippen LogP contribution in [0.4, 0.5) is 5.69 Å². The van der Waals surface area contributed by atoms with E-state index in [1.165, 1.54) is 25.5 Å². The zero-order valence-corrected chi connectivity index (χ0v) is 14.9. The monoisotopic (exact) mass is 351 g/mol. The zero-order chi connectivity index (χ0) is 14.7. The van der Waals surface area contributed by atoms with E-state index in [0.717, 1.165) is 6.54 Å². The number of thiophene rings is 1. The van der Waals surface area contributed by atoms with Gasteiger partial charge >= 0.3 is 0 Å². The Kier molecular flexibility index (Phi) is 5.28. The van der Waals surface area contributed by atoms with Crippen LogP contribution in [0.25, 0.3) is 0 Å². The number of benzene rings is 1. The first-order valence-electron chi connectivity index (χ1n) is 7.09. The first-order chi connectivity index (χ1) is 9.47. The number of rotatable bonds is 5. The van der Waals surface area contributed by atoms with Crippen molar-refractivity contribution in [3.8, 4) is 0 Å². The molecule has 108 valence electrons. The molecule has 1 aromatic carbocycles. The summed E-state index contributed by atoms with van der Waals surface area (Å²) in [5.74, 6) is 1.11. The summed E-state index contributed by atoms with van der Waals surface area (Å²) < 4.78 is 1.19. The van der Waals surface area contributed by atoms with Crippen LogP contribution >= 0.6 is 27.3 Å². The summed E-state index contributed by atoms with van der Waals surface area (Å²) in [5, 5.41) is 3.58. The Morgan fingerprint density at radius 3 is 2.35 bits per heavy atom. The topological polar surface area (TPSA) is 12.0 Å². The number of halogens is 1. The number of hydrogen-bond donors (Lipinski definition) is 1. The first-order valence-corrected chi connectivity index (χ1v) is 8.70. The van der Waals surface area contributed by atoms with Gasteiger partial charge in [-0.2, -0.15) is 0 Å². The molecule has 1 nitrogen and oxygen atoms in total. The van der Waals surface area contributed by atoms with Gasteiger partial charge in [0.05, 0.1) is 3.79 Å². The van der Waals surface area contributed by atoms with Crippen molar-refractivity contribution in [1.82, 2.24) is 0 Å². The van der Waals surface area contributed by atoms with Crippen molar-refractivity contribution >= 4 is 33.0 Å². The number of anilines is 1. The van der Waals surface area contributed by atoms with Gasteiger partial charge in [0.2, 0.25) is 0 Å². The van der Waals surface area contributed by atoms with Gasteiger partial charge < -0.3 is 5.32 Å². The Hall–Kier alpha value is -0.800. The fourth-order valence-corrected chi connectivity index (χ4v) is 3.63. The normalized spacial score (nSPS) is 11.3. The fraction of sp³-hybridized carbons (Fsp3) is 0.412. The molecule has 0 unspecified atom stereocenters. The fourth-order valence-electron chi connectivity index (χ4n) is 2.21. The highest BCUT2D eigenvalue weighted by Gasteiger charge is 2.10. The van der Waals surface area contributed by atoms with E-state index in [2.05, 4.69) is 79.3 Å². The van der Waals surface area contributed by atoms with Gasteiger partial charge in [-0.3, -0.25) is 0 Å². The molecule has 0 aliphatic rings. The smallest absolute Gasteiger partial charge is 0.0702 e. The third-order valence-corrected chi connectivity index (χ3v) is 5.07. The summed E-state index contributed by atoms with van der Waals surface area (Å²) in [4.78, 5) is 1.35. The van der Waals surface area contributed by atoms with Gasteiger partial charge in [-0.25, -0.2) is 0 Å². The van der Waals surface area contributed by atoms with Crippen molar-refractivity contribution in [2.75, 3.05) is 5.32 Å². The second-order valence-electron chi connectivity index (χ2n) is 5.72. The highest BCUT2D eigenvalue weighted by molar-refractivity contribution is 9.11. The Morgan fingerprint density at radius 2 is 1.80 bits per heavy atom. The van der Waals surface area contributed by atoms with Gasteiger partial charge in [0.25, 0.3) is 0 Å². The van der Waals surface area contributed by atoms with Gasteiger partial charge in [-0.1, -0.05) is 39.8 Å². The van der Waals surface area contributed by atoms with Crippen LogP contribution in [-0.2, 0) is 6.54 Å². The molecule has 0 saturated heterocycles. The summed E-state index contributed by atoms with van der Waals surface area (Å²) in [7, 11) is 0. The lowest BCUT2D eigenvalue weighted by Crippen LogP contribution is -2.03. The van der Waals surface area contributed by atoms with Crippen LogP contribution in [0, 0.1) is 0 Å². The summed E-state index contributed by atoms with van der Waals surface area (Å²) >= 11 is 5.30. The maximum Gasteiger partial charge on any atom is 0.0702 e. The lowest BCUT2D eigenvalue weighted by molar-refractivity contribution is 0.833. The summed E-state index contributed by atoms with van der Waals surface area (Å²) in [5.41, 5.74) is 4.08. The largest absolute Gasteiger partial charge is 0.380 e. The van der Waals surface area contributed by atoms with Crippen LogP contribution in [0.5, 0.6) is 0 Å². The molecule has 3 heteroatoms. The van der Waals surface area contributed by atoms with Crippen LogP contribution in [0.1, 0.15) is 55.5 Å². The number of nitrogens with one attached hydrogen (secondary N) is 1. The summed E-state index contributed by atoms with van der Waals surface area (Å²) in [6.07, 6.45) is 0. The predicted molar refractivity (Wildman–Crippen MR) is 94.0 cm³/mol. The molecular weight excluding hydrogens is 330 g/mol. The van der Waals surface area contributed by atoms with Crippen molar-refractivity contribution in [3.05, 3.63) is 50.1 Å². The second kappa shape index (κ2) is 6.77. The quantitative estimate of drug-likeness (QED) is 0.659. The molecule has 1 heterocycles. The maximum absolute atomic E-state index is 3.58. The van der Waals surface area contributed by atoms with Gasteiger partial charge in [0, 0.05) is 17.1 Å². The molecule has 20 heavy (non-hydrogen) atoms. The molecule has 0 fully saturated rings. The Morgan fingerprint density at radius 1 is 1.05 bits per heavy atom. The van der Waals surface area contributed by atoms with E-state index in [4.69, 9.17) is 0 Å². The SMILES string of the molecule is CC(C)c1ccc(NCc2ccc(Br)s2)c(C(C)C)c1. The van der Waals surface area contributed by atoms with Crippen molar-refractivity contribution < 1.29 is 0 Å². The third kappa shape index (κ3) is 3.86. The van der Waals surface area contributed by atoms with Gasteiger partial charge in [0.1, 0.15) is 0 Å². The number of hydrogen-bond acceptors (Lipinski definition) is 2. The van der Waals surface area contributed by atoms with E-state index in [9.17, 15) is 0 Å². The molecule has 0 amide bonds. The highest BCUT2D eigenvalue weighted by atomic mass is 79.9. The van der Waals surface area contributed by atoms with Crippen LogP contribution in [0.2, 0.25) is 0 Å². The molecule has 1 N–H and O–H groups in total. The lowest BCUT2D eigenvalue weighted by Gasteiger charge is -2.17. The molecule has 1 aromatic heterocycles. The maximum atomic E-state index is 3.58. The summed E-state index contributed by atoms with van der Waals surface area (Å²) in [6, 6.07) is 11.1. The molecule has 0 aliphatic carbocycles. The van der Waals surface area contributed by atoms with Gasteiger partial charge in [-0.05, 0) is 57.1 Å². The molecular formula is C17H22BrNS. The minimum absolute atomic E-state index is 0.534. The van der Waals surface area contributed by atoms with E-state index in [-0.39, 0.29) is 0 Å². The van der Waals surface area contributed by atoms with Crippen LogP contribution < -0.4 is 5.32 Å².